The van der Waals surface area contributed by atoms with Gasteiger partial charge in [-0.1, -0.05) is 66.2 Å². The Morgan fingerprint density at radius 3 is 2.36 bits per heavy atom. The molecule has 4 heteroatoms. The second-order valence-corrected chi connectivity index (χ2v) is 7.13. The fraction of sp³-hybridized carbons (Fsp3) is 0.167. The Labute approximate surface area is 163 Å². The zero-order valence-corrected chi connectivity index (χ0v) is 16.0. The van der Waals surface area contributed by atoms with Gasteiger partial charge in [0.05, 0.1) is 23.7 Å². The van der Waals surface area contributed by atoms with Gasteiger partial charge in [-0.25, -0.2) is 4.68 Å². The summed E-state index contributed by atoms with van der Waals surface area (Å²) in [5.74, 6) is 0. The summed E-state index contributed by atoms with van der Waals surface area (Å²) >= 11 is 0. The van der Waals surface area contributed by atoms with Crippen LogP contribution >= 0.6 is 0 Å². The second-order valence-electron chi connectivity index (χ2n) is 7.13. The van der Waals surface area contributed by atoms with Crippen LogP contribution in [0, 0.1) is 13.8 Å². The molecule has 4 rings (SSSR count). The quantitative estimate of drug-likeness (QED) is 0.579. The molecule has 0 amide bonds. The van der Waals surface area contributed by atoms with Crippen LogP contribution in [0.4, 0.5) is 0 Å². The highest BCUT2D eigenvalue weighted by Crippen LogP contribution is 2.28. The average Bonchev–Trinajstić information content (AvgIpc) is 2.72. The molecule has 28 heavy (non-hydrogen) atoms. The third kappa shape index (κ3) is 3.35. The first-order valence-electron chi connectivity index (χ1n) is 9.35. The largest absolute Gasteiger partial charge is 0.386 e. The summed E-state index contributed by atoms with van der Waals surface area (Å²) in [6.45, 7) is 4.19. The van der Waals surface area contributed by atoms with E-state index in [2.05, 4.69) is 23.3 Å². The first kappa shape index (κ1) is 18.1. The Kier molecular flexibility index (Phi) is 4.80. The first-order chi connectivity index (χ1) is 13.5. The number of rotatable bonds is 4. The maximum Gasteiger partial charge on any atom is 0.274 e. The summed E-state index contributed by atoms with van der Waals surface area (Å²) in [6, 6.07) is 23.1. The molecule has 0 aliphatic rings. The van der Waals surface area contributed by atoms with Crippen molar-refractivity contribution in [1.82, 2.24) is 9.78 Å². The van der Waals surface area contributed by atoms with E-state index in [0.29, 0.717) is 5.39 Å². The number of fused-ring (bicyclic) bond motifs is 1. The number of nitrogens with zero attached hydrogens (tertiary/aromatic N) is 2. The molecule has 0 aliphatic heterocycles. The molecule has 0 aliphatic carbocycles. The Bertz CT molecular complexity index is 1200. The molecular weight excluding hydrogens is 348 g/mol. The highest BCUT2D eigenvalue weighted by molar-refractivity contribution is 5.94. The van der Waals surface area contributed by atoms with Crippen molar-refractivity contribution in [2.75, 3.05) is 0 Å². The van der Waals surface area contributed by atoms with Crippen LogP contribution in [0.15, 0.2) is 77.6 Å². The first-order valence-corrected chi connectivity index (χ1v) is 9.35. The second kappa shape index (κ2) is 7.41. The molecule has 0 saturated carbocycles. The van der Waals surface area contributed by atoms with Gasteiger partial charge in [-0.3, -0.25) is 4.79 Å². The van der Waals surface area contributed by atoms with Gasteiger partial charge in [0.1, 0.15) is 0 Å². The lowest BCUT2D eigenvalue weighted by atomic mass is 9.99. The van der Waals surface area contributed by atoms with Gasteiger partial charge in [0, 0.05) is 10.9 Å². The van der Waals surface area contributed by atoms with E-state index < -0.39 is 6.10 Å². The Morgan fingerprint density at radius 2 is 1.61 bits per heavy atom. The minimum Gasteiger partial charge on any atom is -0.386 e. The molecule has 0 fully saturated rings. The number of aromatic nitrogens is 2. The van der Waals surface area contributed by atoms with Crippen molar-refractivity contribution in [3.8, 4) is 11.3 Å². The van der Waals surface area contributed by atoms with E-state index in [0.717, 1.165) is 33.3 Å². The van der Waals surface area contributed by atoms with Crippen LogP contribution < -0.4 is 5.56 Å². The lowest BCUT2D eigenvalue weighted by Gasteiger charge is -2.16. The average molecular weight is 370 g/mol. The van der Waals surface area contributed by atoms with E-state index in [4.69, 9.17) is 0 Å². The number of aliphatic hydroxyl groups is 1. The van der Waals surface area contributed by atoms with Crippen LogP contribution in [0.2, 0.25) is 0 Å². The highest BCUT2D eigenvalue weighted by Gasteiger charge is 2.16. The van der Waals surface area contributed by atoms with E-state index in [9.17, 15) is 9.90 Å². The molecule has 4 nitrogen and oxygen atoms in total. The van der Waals surface area contributed by atoms with E-state index in [1.54, 1.807) is 0 Å². The summed E-state index contributed by atoms with van der Waals surface area (Å²) in [5.41, 5.74) is 4.55. The van der Waals surface area contributed by atoms with Crippen LogP contribution in [0.1, 0.15) is 22.8 Å². The van der Waals surface area contributed by atoms with Gasteiger partial charge in [-0.05, 0) is 37.1 Å². The fourth-order valence-electron chi connectivity index (χ4n) is 3.49. The van der Waals surface area contributed by atoms with Gasteiger partial charge in [-0.15, -0.1) is 0 Å². The van der Waals surface area contributed by atoms with E-state index in [1.807, 2.05) is 68.4 Å². The normalized spacial score (nSPS) is 12.2. The molecule has 1 N–H and O–H groups in total. The molecule has 0 unspecified atom stereocenters. The molecule has 0 bridgehead atoms. The van der Waals surface area contributed by atoms with Crippen molar-refractivity contribution in [3.63, 3.8) is 0 Å². The van der Waals surface area contributed by atoms with Crippen molar-refractivity contribution >= 4 is 10.8 Å². The summed E-state index contributed by atoms with van der Waals surface area (Å²) < 4.78 is 1.39. The Balaban J connectivity index is 1.90. The third-order valence-electron chi connectivity index (χ3n) is 5.05. The smallest absolute Gasteiger partial charge is 0.274 e. The highest BCUT2D eigenvalue weighted by atomic mass is 16.3. The van der Waals surface area contributed by atoms with Crippen molar-refractivity contribution in [1.29, 1.82) is 0 Å². The van der Waals surface area contributed by atoms with Crippen molar-refractivity contribution in [2.24, 2.45) is 0 Å². The van der Waals surface area contributed by atoms with Gasteiger partial charge in [0.25, 0.3) is 5.56 Å². The van der Waals surface area contributed by atoms with Gasteiger partial charge in [0.15, 0.2) is 0 Å². The minimum absolute atomic E-state index is 0.103. The molecule has 1 aromatic heterocycles. The molecular formula is C24H22N2O2. The van der Waals surface area contributed by atoms with Gasteiger partial charge in [-0.2, -0.15) is 5.10 Å². The fourth-order valence-corrected chi connectivity index (χ4v) is 3.49. The van der Waals surface area contributed by atoms with Crippen LogP contribution in [0.3, 0.4) is 0 Å². The van der Waals surface area contributed by atoms with E-state index in [1.165, 1.54) is 4.68 Å². The van der Waals surface area contributed by atoms with Crippen LogP contribution in [0.5, 0.6) is 0 Å². The topological polar surface area (TPSA) is 55.1 Å². The summed E-state index contributed by atoms with van der Waals surface area (Å²) in [7, 11) is 0. The summed E-state index contributed by atoms with van der Waals surface area (Å²) in [5, 5.41) is 16.7. The summed E-state index contributed by atoms with van der Waals surface area (Å²) in [6.07, 6.45) is -0.806. The zero-order chi connectivity index (χ0) is 19.7. The number of hydrogen-bond acceptors (Lipinski definition) is 3. The lowest BCUT2D eigenvalue weighted by Crippen LogP contribution is -2.26. The number of aryl methyl sites for hydroxylation is 2. The number of aliphatic hydroxyl groups excluding tert-OH is 1. The minimum atomic E-state index is -0.806. The number of hydrogen-bond donors (Lipinski definition) is 1. The third-order valence-corrected chi connectivity index (χ3v) is 5.05. The SMILES string of the molecule is Cc1ccc(C)c(-c2nn(C[C@H](O)c3ccccc3)c(=O)c3ccccc23)c1. The summed E-state index contributed by atoms with van der Waals surface area (Å²) in [4.78, 5) is 13.0. The molecule has 0 spiro atoms. The predicted molar refractivity (Wildman–Crippen MR) is 112 cm³/mol. The predicted octanol–water partition coefficient (Wildman–Crippen LogP) is 4.41. The van der Waals surface area contributed by atoms with Crippen LogP contribution in [-0.4, -0.2) is 14.9 Å². The molecule has 3 aromatic carbocycles. The van der Waals surface area contributed by atoms with Gasteiger partial charge >= 0.3 is 0 Å². The molecule has 1 heterocycles. The monoisotopic (exact) mass is 370 g/mol. The van der Waals surface area contributed by atoms with Crippen molar-refractivity contribution < 1.29 is 5.11 Å². The number of benzene rings is 3. The standard InChI is InChI=1S/C24H22N2O2/c1-16-12-13-17(2)21(14-16)23-19-10-6-7-11-20(19)24(28)26(25-23)15-22(27)18-8-4-3-5-9-18/h3-14,22,27H,15H2,1-2H3/t22-/m0/s1. The van der Waals surface area contributed by atoms with Crippen molar-refractivity contribution in [3.05, 3.63) is 99.8 Å². The molecule has 4 aromatic rings. The molecule has 140 valence electrons. The molecule has 0 saturated heterocycles. The lowest BCUT2D eigenvalue weighted by molar-refractivity contribution is 0.150. The zero-order valence-electron chi connectivity index (χ0n) is 16.0. The van der Waals surface area contributed by atoms with Crippen LogP contribution in [-0.2, 0) is 6.54 Å². The maximum absolute atomic E-state index is 13.0. The van der Waals surface area contributed by atoms with Gasteiger partial charge in [0.2, 0.25) is 0 Å². The maximum atomic E-state index is 13.0. The van der Waals surface area contributed by atoms with E-state index in [-0.39, 0.29) is 12.1 Å². The Morgan fingerprint density at radius 1 is 0.929 bits per heavy atom. The molecule has 0 radical (unpaired) electrons. The Hall–Kier alpha value is -3.24. The van der Waals surface area contributed by atoms with E-state index >= 15 is 0 Å². The van der Waals surface area contributed by atoms with Crippen LogP contribution in [0.25, 0.3) is 22.0 Å². The molecule has 1 atom stereocenters. The van der Waals surface area contributed by atoms with Gasteiger partial charge < -0.3 is 5.11 Å². The van der Waals surface area contributed by atoms with Crippen molar-refractivity contribution in [2.45, 2.75) is 26.5 Å².